The SMILES string of the molecule is CCCCCCCOc1cc(NCCCCc2ccccc2)ccc1-c1ccc(OC(F)(F)F)cc1. The van der Waals surface area contributed by atoms with Gasteiger partial charge in [-0.25, -0.2) is 0 Å². The zero-order valence-corrected chi connectivity index (χ0v) is 20.9. The zero-order valence-electron chi connectivity index (χ0n) is 20.9. The topological polar surface area (TPSA) is 30.5 Å². The summed E-state index contributed by atoms with van der Waals surface area (Å²) in [4.78, 5) is 0. The highest BCUT2D eigenvalue weighted by Crippen LogP contribution is 2.34. The first-order valence-corrected chi connectivity index (χ1v) is 12.9. The average molecular weight is 500 g/mol. The number of ether oxygens (including phenoxy) is 2. The van der Waals surface area contributed by atoms with Crippen LogP contribution in [-0.2, 0) is 6.42 Å². The Labute approximate surface area is 212 Å². The first-order chi connectivity index (χ1) is 17.4. The number of halogens is 3. The number of rotatable bonds is 15. The lowest BCUT2D eigenvalue weighted by molar-refractivity contribution is -0.274. The minimum atomic E-state index is -4.71. The van der Waals surface area contributed by atoms with Gasteiger partial charge in [-0.1, -0.05) is 75.1 Å². The molecular formula is C30H36F3NO2. The summed E-state index contributed by atoms with van der Waals surface area (Å²) in [5.41, 5.74) is 3.94. The first-order valence-electron chi connectivity index (χ1n) is 12.9. The van der Waals surface area contributed by atoms with Gasteiger partial charge in [-0.2, -0.15) is 0 Å². The minimum Gasteiger partial charge on any atom is -0.493 e. The fourth-order valence-corrected chi connectivity index (χ4v) is 4.05. The second-order valence-corrected chi connectivity index (χ2v) is 8.92. The van der Waals surface area contributed by atoms with Crippen molar-refractivity contribution in [3.05, 3.63) is 78.4 Å². The van der Waals surface area contributed by atoms with Gasteiger partial charge < -0.3 is 14.8 Å². The second kappa shape index (κ2) is 14.4. The molecule has 0 heterocycles. The van der Waals surface area contributed by atoms with Gasteiger partial charge in [0.05, 0.1) is 6.61 Å². The largest absolute Gasteiger partial charge is 0.573 e. The molecular weight excluding hydrogens is 463 g/mol. The van der Waals surface area contributed by atoms with Crippen molar-refractivity contribution in [1.82, 2.24) is 0 Å². The minimum absolute atomic E-state index is 0.238. The lowest BCUT2D eigenvalue weighted by Gasteiger charge is -2.15. The summed E-state index contributed by atoms with van der Waals surface area (Å²) in [5, 5.41) is 3.48. The monoisotopic (exact) mass is 499 g/mol. The van der Waals surface area contributed by atoms with Crippen molar-refractivity contribution in [2.24, 2.45) is 0 Å². The molecule has 3 nitrogen and oxygen atoms in total. The molecule has 0 spiro atoms. The van der Waals surface area contributed by atoms with Crippen LogP contribution in [0.5, 0.6) is 11.5 Å². The normalized spacial score (nSPS) is 11.3. The zero-order chi connectivity index (χ0) is 25.6. The van der Waals surface area contributed by atoms with E-state index in [0.717, 1.165) is 61.2 Å². The van der Waals surface area contributed by atoms with Gasteiger partial charge in [0.1, 0.15) is 11.5 Å². The summed E-state index contributed by atoms with van der Waals surface area (Å²) >= 11 is 0. The van der Waals surface area contributed by atoms with E-state index in [2.05, 4.69) is 41.2 Å². The number of anilines is 1. The van der Waals surface area contributed by atoms with E-state index >= 15 is 0 Å². The molecule has 194 valence electrons. The Balaban J connectivity index is 1.62. The number of nitrogens with one attached hydrogen (secondary N) is 1. The van der Waals surface area contributed by atoms with Crippen LogP contribution in [0.1, 0.15) is 57.4 Å². The van der Waals surface area contributed by atoms with Gasteiger partial charge in [-0.05, 0) is 61.1 Å². The molecule has 0 unspecified atom stereocenters. The van der Waals surface area contributed by atoms with Crippen LogP contribution in [0.25, 0.3) is 11.1 Å². The fraction of sp³-hybridized carbons (Fsp3) is 0.400. The highest BCUT2D eigenvalue weighted by molar-refractivity contribution is 5.74. The van der Waals surface area contributed by atoms with Crippen molar-refractivity contribution in [2.75, 3.05) is 18.5 Å². The number of aryl methyl sites for hydroxylation is 1. The van der Waals surface area contributed by atoms with Gasteiger partial charge in [-0.15, -0.1) is 13.2 Å². The number of hydrogen-bond acceptors (Lipinski definition) is 3. The molecule has 0 aliphatic heterocycles. The average Bonchev–Trinajstić information content (AvgIpc) is 2.86. The van der Waals surface area contributed by atoms with Crippen LogP contribution >= 0.6 is 0 Å². The lowest BCUT2D eigenvalue weighted by atomic mass is 10.0. The Morgan fingerprint density at radius 1 is 0.778 bits per heavy atom. The second-order valence-electron chi connectivity index (χ2n) is 8.92. The summed E-state index contributed by atoms with van der Waals surface area (Å²) in [5.74, 6) is 0.489. The lowest BCUT2D eigenvalue weighted by Crippen LogP contribution is -2.16. The summed E-state index contributed by atoms with van der Waals surface area (Å²) in [6.45, 7) is 3.65. The molecule has 0 saturated carbocycles. The van der Waals surface area contributed by atoms with Gasteiger partial charge in [0, 0.05) is 23.9 Å². The Kier molecular flexibility index (Phi) is 11.0. The molecule has 3 aromatic carbocycles. The van der Waals surface area contributed by atoms with E-state index in [0.29, 0.717) is 6.61 Å². The third-order valence-electron chi connectivity index (χ3n) is 5.95. The predicted octanol–water partition coefficient (Wildman–Crippen LogP) is 9.04. The number of unbranched alkanes of at least 4 members (excludes halogenated alkanes) is 5. The maximum atomic E-state index is 12.5. The van der Waals surface area contributed by atoms with Gasteiger partial charge >= 0.3 is 6.36 Å². The summed E-state index contributed by atoms with van der Waals surface area (Å²) < 4.78 is 47.7. The van der Waals surface area contributed by atoms with Crippen LogP contribution in [0.4, 0.5) is 18.9 Å². The molecule has 36 heavy (non-hydrogen) atoms. The highest BCUT2D eigenvalue weighted by atomic mass is 19.4. The highest BCUT2D eigenvalue weighted by Gasteiger charge is 2.31. The molecule has 0 atom stereocenters. The summed E-state index contributed by atoms with van der Waals surface area (Å²) in [6.07, 6.45) is 4.19. The molecule has 0 bridgehead atoms. The van der Waals surface area contributed by atoms with E-state index in [1.54, 1.807) is 12.1 Å². The first kappa shape index (κ1) is 27.4. The van der Waals surface area contributed by atoms with Crippen LogP contribution < -0.4 is 14.8 Å². The molecule has 0 saturated heterocycles. The Morgan fingerprint density at radius 3 is 2.25 bits per heavy atom. The fourth-order valence-electron chi connectivity index (χ4n) is 4.05. The molecule has 0 amide bonds. The van der Waals surface area contributed by atoms with Crippen molar-refractivity contribution >= 4 is 5.69 Å². The molecule has 3 aromatic rings. The van der Waals surface area contributed by atoms with Crippen LogP contribution in [-0.4, -0.2) is 19.5 Å². The molecule has 0 aliphatic rings. The maximum Gasteiger partial charge on any atom is 0.573 e. The molecule has 0 fully saturated rings. The van der Waals surface area contributed by atoms with Crippen molar-refractivity contribution in [3.63, 3.8) is 0 Å². The van der Waals surface area contributed by atoms with Crippen LogP contribution in [0, 0.1) is 0 Å². The van der Waals surface area contributed by atoms with Crippen molar-refractivity contribution in [1.29, 1.82) is 0 Å². The third-order valence-corrected chi connectivity index (χ3v) is 5.95. The number of benzene rings is 3. The van der Waals surface area contributed by atoms with E-state index in [4.69, 9.17) is 4.74 Å². The summed E-state index contributed by atoms with van der Waals surface area (Å²) in [7, 11) is 0. The van der Waals surface area contributed by atoms with E-state index in [-0.39, 0.29) is 5.75 Å². The molecule has 1 N–H and O–H groups in total. The van der Waals surface area contributed by atoms with Crippen molar-refractivity contribution in [2.45, 2.75) is 64.7 Å². The van der Waals surface area contributed by atoms with Crippen LogP contribution in [0.3, 0.4) is 0 Å². The maximum absolute atomic E-state index is 12.5. The van der Waals surface area contributed by atoms with Gasteiger partial charge in [0.25, 0.3) is 0 Å². The Hall–Kier alpha value is -3.15. The third kappa shape index (κ3) is 9.84. The van der Waals surface area contributed by atoms with Gasteiger partial charge in [-0.3, -0.25) is 0 Å². The van der Waals surface area contributed by atoms with Gasteiger partial charge in [0.15, 0.2) is 0 Å². The van der Waals surface area contributed by atoms with E-state index in [1.807, 2.05) is 24.3 Å². The quantitative estimate of drug-likeness (QED) is 0.212. The van der Waals surface area contributed by atoms with E-state index in [1.165, 1.54) is 37.0 Å². The Morgan fingerprint density at radius 2 is 1.53 bits per heavy atom. The molecule has 0 aliphatic carbocycles. The molecule has 0 aromatic heterocycles. The molecule has 3 rings (SSSR count). The predicted molar refractivity (Wildman–Crippen MR) is 141 cm³/mol. The van der Waals surface area contributed by atoms with Gasteiger partial charge in [0.2, 0.25) is 0 Å². The smallest absolute Gasteiger partial charge is 0.493 e. The molecule has 0 radical (unpaired) electrons. The van der Waals surface area contributed by atoms with Crippen molar-refractivity contribution < 1.29 is 22.6 Å². The Bertz CT molecular complexity index is 1020. The number of alkyl halides is 3. The van der Waals surface area contributed by atoms with Crippen molar-refractivity contribution in [3.8, 4) is 22.6 Å². The standard InChI is InChI=1S/C30H36F3NO2/c1-2-3-4-5-11-22-35-29-23-26(34-21-10-9-14-24-12-7-6-8-13-24)17-20-28(29)25-15-18-27(19-16-25)36-30(31,32)33/h6-8,12-13,15-20,23,34H,2-5,9-11,14,21-22H2,1H3. The van der Waals surface area contributed by atoms with E-state index < -0.39 is 6.36 Å². The number of hydrogen-bond donors (Lipinski definition) is 1. The van der Waals surface area contributed by atoms with Crippen LogP contribution in [0.15, 0.2) is 72.8 Å². The summed E-state index contributed by atoms with van der Waals surface area (Å²) in [6, 6.07) is 22.3. The van der Waals surface area contributed by atoms with Crippen LogP contribution in [0.2, 0.25) is 0 Å². The molecule has 6 heteroatoms. The van der Waals surface area contributed by atoms with E-state index in [9.17, 15) is 13.2 Å².